The maximum atomic E-state index is 4.30. The van der Waals surface area contributed by atoms with E-state index < -0.39 is 0 Å². The van der Waals surface area contributed by atoms with Gasteiger partial charge in [0, 0.05) is 37.7 Å². The SMILES string of the molecule is Cn1cc(CNc2nccn3nccc23)cn1. The van der Waals surface area contributed by atoms with E-state index in [9.17, 15) is 0 Å². The molecule has 0 aliphatic heterocycles. The molecule has 3 aromatic heterocycles. The van der Waals surface area contributed by atoms with Gasteiger partial charge in [-0.25, -0.2) is 9.50 Å². The summed E-state index contributed by atoms with van der Waals surface area (Å²) >= 11 is 0. The van der Waals surface area contributed by atoms with Gasteiger partial charge >= 0.3 is 0 Å². The number of fused-ring (bicyclic) bond motifs is 1. The van der Waals surface area contributed by atoms with Crippen LogP contribution in [0.3, 0.4) is 0 Å². The summed E-state index contributed by atoms with van der Waals surface area (Å²) in [5, 5.41) is 11.6. The number of aromatic nitrogens is 5. The molecule has 6 heteroatoms. The molecule has 0 bridgehead atoms. The van der Waals surface area contributed by atoms with Gasteiger partial charge in [-0.2, -0.15) is 10.2 Å². The predicted octanol–water partition coefficient (Wildman–Crippen LogP) is 1.07. The van der Waals surface area contributed by atoms with Gasteiger partial charge < -0.3 is 5.32 Å². The highest BCUT2D eigenvalue weighted by atomic mass is 15.2. The topological polar surface area (TPSA) is 60.0 Å². The van der Waals surface area contributed by atoms with Crippen LogP contribution >= 0.6 is 0 Å². The molecule has 0 aliphatic rings. The van der Waals surface area contributed by atoms with Crippen molar-refractivity contribution in [2.45, 2.75) is 6.54 Å². The molecular weight excluding hydrogens is 216 g/mol. The summed E-state index contributed by atoms with van der Waals surface area (Å²) in [5.74, 6) is 0.828. The first kappa shape index (κ1) is 9.83. The van der Waals surface area contributed by atoms with Crippen LogP contribution in [0.1, 0.15) is 5.56 Å². The molecule has 0 atom stereocenters. The number of nitrogens with one attached hydrogen (secondary N) is 1. The van der Waals surface area contributed by atoms with E-state index in [4.69, 9.17) is 0 Å². The minimum absolute atomic E-state index is 0.700. The predicted molar refractivity (Wildman–Crippen MR) is 63.5 cm³/mol. The summed E-state index contributed by atoms with van der Waals surface area (Å²) in [7, 11) is 1.90. The molecule has 17 heavy (non-hydrogen) atoms. The molecular formula is C11H12N6. The van der Waals surface area contributed by atoms with E-state index in [1.165, 1.54) is 0 Å². The van der Waals surface area contributed by atoms with E-state index in [-0.39, 0.29) is 0 Å². The lowest BCUT2D eigenvalue weighted by molar-refractivity contribution is 0.767. The quantitative estimate of drug-likeness (QED) is 0.728. The van der Waals surface area contributed by atoms with Crippen molar-refractivity contribution in [2.75, 3.05) is 5.32 Å². The summed E-state index contributed by atoms with van der Waals surface area (Å²) < 4.78 is 3.57. The number of aryl methyl sites for hydroxylation is 1. The van der Waals surface area contributed by atoms with Gasteiger partial charge in [0.2, 0.25) is 0 Å². The van der Waals surface area contributed by atoms with Crippen molar-refractivity contribution < 1.29 is 0 Å². The molecule has 0 aromatic carbocycles. The van der Waals surface area contributed by atoms with Crippen molar-refractivity contribution in [2.24, 2.45) is 7.05 Å². The summed E-state index contributed by atoms with van der Waals surface area (Å²) in [5.41, 5.74) is 2.09. The third kappa shape index (κ3) is 1.84. The second-order valence-electron chi connectivity index (χ2n) is 3.81. The lowest BCUT2D eigenvalue weighted by Crippen LogP contribution is -2.02. The molecule has 0 spiro atoms. The number of hydrogen-bond donors (Lipinski definition) is 1. The van der Waals surface area contributed by atoms with E-state index >= 15 is 0 Å². The van der Waals surface area contributed by atoms with Gasteiger partial charge in [0.15, 0.2) is 5.82 Å². The van der Waals surface area contributed by atoms with Gasteiger partial charge in [0.25, 0.3) is 0 Å². The van der Waals surface area contributed by atoms with Crippen LogP contribution in [0.25, 0.3) is 5.52 Å². The van der Waals surface area contributed by atoms with Crippen molar-refractivity contribution in [1.29, 1.82) is 0 Å². The van der Waals surface area contributed by atoms with E-state index in [0.717, 1.165) is 16.9 Å². The molecule has 3 rings (SSSR count). The number of anilines is 1. The number of nitrogens with zero attached hydrogens (tertiary/aromatic N) is 5. The Morgan fingerprint density at radius 1 is 1.29 bits per heavy atom. The van der Waals surface area contributed by atoms with Crippen LogP contribution in [-0.4, -0.2) is 24.4 Å². The van der Waals surface area contributed by atoms with Gasteiger partial charge in [-0.15, -0.1) is 0 Å². The molecule has 3 aromatic rings. The van der Waals surface area contributed by atoms with Gasteiger partial charge in [-0.1, -0.05) is 0 Å². The molecule has 0 aliphatic carbocycles. The van der Waals surface area contributed by atoms with E-state index in [0.29, 0.717) is 6.54 Å². The summed E-state index contributed by atoms with van der Waals surface area (Å²) in [4.78, 5) is 4.30. The number of hydrogen-bond acceptors (Lipinski definition) is 4. The average molecular weight is 228 g/mol. The van der Waals surface area contributed by atoms with Crippen LogP contribution in [0.4, 0.5) is 5.82 Å². The summed E-state index contributed by atoms with van der Waals surface area (Å²) in [6.45, 7) is 0.700. The molecule has 0 unspecified atom stereocenters. The Labute approximate surface area is 97.9 Å². The smallest absolute Gasteiger partial charge is 0.152 e. The Balaban J connectivity index is 1.83. The Morgan fingerprint density at radius 3 is 3.06 bits per heavy atom. The zero-order chi connectivity index (χ0) is 11.7. The maximum absolute atomic E-state index is 4.30. The Bertz CT molecular complexity index is 638. The van der Waals surface area contributed by atoms with Gasteiger partial charge in [0.05, 0.1) is 12.4 Å². The average Bonchev–Trinajstić information content (AvgIpc) is 2.94. The largest absolute Gasteiger partial charge is 0.364 e. The van der Waals surface area contributed by atoms with Crippen molar-refractivity contribution in [3.8, 4) is 0 Å². The van der Waals surface area contributed by atoms with Crippen LogP contribution in [0, 0.1) is 0 Å². The normalized spacial score (nSPS) is 10.9. The molecule has 1 N–H and O–H groups in total. The summed E-state index contributed by atoms with van der Waals surface area (Å²) in [6, 6.07) is 1.93. The molecule has 0 radical (unpaired) electrons. The standard InChI is InChI=1S/C11H12N6/c1-16-8-9(7-15-16)6-13-11-10-2-3-14-17(10)5-4-12-11/h2-5,7-8H,6H2,1H3,(H,12,13). The lowest BCUT2D eigenvalue weighted by Gasteiger charge is -2.04. The van der Waals surface area contributed by atoms with Crippen LogP contribution in [-0.2, 0) is 13.6 Å². The van der Waals surface area contributed by atoms with Crippen molar-refractivity contribution >= 4 is 11.3 Å². The maximum Gasteiger partial charge on any atom is 0.152 e. The van der Waals surface area contributed by atoms with Gasteiger partial charge in [-0.3, -0.25) is 4.68 Å². The number of rotatable bonds is 3. The van der Waals surface area contributed by atoms with E-state index in [2.05, 4.69) is 20.5 Å². The molecule has 86 valence electrons. The molecule has 0 saturated carbocycles. The van der Waals surface area contributed by atoms with Crippen LogP contribution in [0.2, 0.25) is 0 Å². The van der Waals surface area contributed by atoms with Crippen molar-refractivity contribution in [3.05, 3.63) is 42.6 Å². The Kier molecular flexibility index (Phi) is 2.25. The zero-order valence-electron chi connectivity index (χ0n) is 9.41. The minimum Gasteiger partial charge on any atom is -0.364 e. The fraction of sp³-hybridized carbons (Fsp3) is 0.182. The van der Waals surface area contributed by atoms with E-state index in [1.807, 2.05) is 31.7 Å². The lowest BCUT2D eigenvalue weighted by atomic mass is 10.3. The van der Waals surface area contributed by atoms with Crippen LogP contribution < -0.4 is 5.32 Å². The third-order valence-corrected chi connectivity index (χ3v) is 2.54. The second kappa shape index (κ2) is 3.89. The highest BCUT2D eigenvalue weighted by Crippen LogP contribution is 2.13. The van der Waals surface area contributed by atoms with Crippen molar-refractivity contribution in [1.82, 2.24) is 24.4 Å². The van der Waals surface area contributed by atoms with E-state index in [1.54, 1.807) is 21.6 Å². The second-order valence-corrected chi connectivity index (χ2v) is 3.81. The minimum atomic E-state index is 0.700. The molecule has 0 saturated heterocycles. The first-order valence-corrected chi connectivity index (χ1v) is 5.33. The zero-order valence-corrected chi connectivity index (χ0v) is 9.41. The first-order chi connectivity index (χ1) is 8.33. The molecule has 6 nitrogen and oxygen atoms in total. The molecule has 0 fully saturated rings. The Hall–Kier alpha value is -2.37. The fourth-order valence-corrected chi connectivity index (χ4v) is 1.74. The highest BCUT2D eigenvalue weighted by Gasteiger charge is 2.03. The van der Waals surface area contributed by atoms with Gasteiger partial charge in [0.1, 0.15) is 5.52 Å². The Morgan fingerprint density at radius 2 is 2.24 bits per heavy atom. The molecule has 0 amide bonds. The molecule has 3 heterocycles. The monoisotopic (exact) mass is 228 g/mol. The van der Waals surface area contributed by atoms with Crippen molar-refractivity contribution in [3.63, 3.8) is 0 Å². The van der Waals surface area contributed by atoms with Crippen LogP contribution in [0.5, 0.6) is 0 Å². The van der Waals surface area contributed by atoms with Gasteiger partial charge in [-0.05, 0) is 6.07 Å². The first-order valence-electron chi connectivity index (χ1n) is 5.33. The fourth-order valence-electron chi connectivity index (χ4n) is 1.74. The summed E-state index contributed by atoms with van der Waals surface area (Å²) in [6.07, 6.45) is 9.12. The van der Waals surface area contributed by atoms with Crippen LogP contribution in [0.15, 0.2) is 37.1 Å². The highest BCUT2D eigenvalue weighted by molar-refractivity contribution is 5.66. The third-order valence-electron chi connectivity index (χ3n) is 2.54.